The number of phenols is 1. The number of hydrogen-bond acceptors (Lipinski definition) is 2. The summed E-state index contributed by atoms with van der Waals surface area (Å²) in [5, 5.41) is 11.2. The first-order valence-corrected chi connectivity index (χ1v) is 4.36. The Kier molecular flexibility index (Phi) is 1.34. The highest BCUT2D eigenvalue weighted by Gasteiger charge is 2.05. The van der Waals surface area contributed by atoms with Crippen molar-refractivity contribution in [3.8, 4) is 5.75 Å². The molecule has 1 heterocycles. The molecule has 0 aliphatic carbocycles. The third-order valence-corrected chi connectivity index (χ3v) is 2.27. The summed E-state index contributed by atoms with van der Waals surface area (Å²) in [7, 11) is 0. The van der Waals surface area contributed by atoms with Crippen molar-refractivity contribution in [3.63, 3.8) is 0 Å². The Bertz CT molecular complexity index is 608. The molecule has 3 rings (SSSR count). The molecule has 1 aromatic heterocycles. The van der Waals surface area contributed by atoms with Crippen molar-refractivity contribution in [2.45, 2.75) is 0 Å². The van der Waals surface area contributed by atoms with Gasteiger partial charge in [0.05, 0.1) is 0 Å². The number of aromatic hydroxyl groups is 1. The zero-order valence-electron chi connectivity index (χ0n) is 7.32. The molecule has 0 fully saturated rings. The quantitative estimate of drug-likeness (QED) is 0.581. The fraction of sp³-hybridized carbons (Fsp3) is 0. The average molecular weight is 183 g/mol. The van der Waals surface area contributed by atoms with Gasteiger partial charge in [0.15, 0.2) is 0 Å². The lowest BCUT2D eigenvalue weighted by Crippen LogP contribution is -1.66. The summed E-state index contributed by atoms with van der Waals surface area (Å²) in [5.74, 6) is 0.177. The molecule has 0 aliphatic heterocycles. The third-order valence-electron chi connectivity index (χ3n) is 2.27. The van der Waals surface area contributed by atoms with Gasteiger partial charge in [-0.3, -0.25) is 0 Å². The van der Waals surface area contributed by atoms with Crippen LogP contribution in [0.3, 0.4) is 0 Å². The standard InChI is InChI=1S/C12H7O2/c13-8-5-6-10-9-3-1-2-4-11(9)14-12(10)7-8/h1-5,7,13H. The van der Waals surface area contributed by atoms with Gasteiger partial charge in [0.2, 0.25) is 0 Å². The van der Waals surface area contributed by atoms with Gasteiger partial charge in [-0.15, -0.1) is 0 Å². The number of rotatable bonds is 0. The molecule has 0 atom stereocenters. The summed E-state index contributed by atoms with van der Waals surface area (Å²) >= 11 is 0. The van der Waals surface area contributed by atoms with Gasteiger partial charge in [0, 0.05) is 16.8 Å². The van der Waals surface area contributed by atoms with E-state index in [2.05, 4.69) is 6.07 Å². The van der Waals surface area contributed by atoms with E-state index in [1.807, 2.05) is 24.3 Å². The van der Waals surface area contributed by atoms with Crippen LogP contribution in [0.4, 0.5) is 0 Å². The monoisotopic (exact) mass is 183 g/mol. The Labute approximate surface area is 80.4 Å². The second-order valence-corrected chi connectivity index (χ2v) is 3.20. The molecule has 2 nitrogen and oxygen atoms in total. The Hall–Kier alpha value is -1.96. The fourth-order valence-corrected chi connectivity index (χ4v) is 1.64. The second kappa shape index (κ2) is 2.51. The van der Waals surface area contributed by atoms with E-state index in [-0.39, 0.29) is 5.75 Å². The van der Waals surface area contributed by atoms with Gasteiger partial charge in [-0.2, -0.15) is 0 Å². The van der Waals surface area contributed by atoms with Crippen LogP contribution in [0.1, 0.15) is 0 Å². The molecule has 2 heteroatoms. The highest BCUT2D eigenvalue weighted by molar-refractivity contribution is 6.04. The molecule has 1 N–H and O–H groups in total. The second-order valence-electron chi connectivity index (χ2n) is 3.20. The summed E-state index contributed by atoms with van der Waals surface area (Å²) in [5.41, 5.74) is 1.50. The van der Waals surface area contributed by atoms with Crippen molar-refractivity contribution in [3.05, 3.63) is 42.5 Å². The molecule has 0 aliphatic rings. The van der Waals surface area contributed by atoms with E-state index >= 15 is 0 Å². The maximum absolute atomic E-state index is 9.26. The van der Waals surface area contributed by atoms with Crippen molar-refractivity contribution >= 4 is 21.9 Å². The number of fused-ring (bicyclic) bond motifs is 3. The van der Waals surface area contributed by atoms with Crippen LogP contribution in [0.15, 0.2) is 40.8 Å². The van der Waals surface area contributed by atoms with Crippen molar-refractivity contribution in [1.82, 2.24) is 0 Å². The number of para-hydroxylation sites is 1. The van der Waals surface area contributed by atoms with Crippen molar-refractivity contribution in [2.75, 3.05) is 0 Å². The van der Waals surface area contributed by atoms with Gasteiger partial charge in [-0.05, 0) is 18.2 Å². The maximum atomic E-state index is 9.26. The first kappa shape index (κ1) is 7.44. The van der Waals surface area contributed by atoms with E-state index in [9.17, 15) is 5.11 Å². The first-order chi connectivity index (χ1) is 6.84. The lowest BCUT2D eigenvalue weighted by molar-refractivity contribution is 0.475. The molecule has 0 spiro atoms. The number of furan rings is 1. The summed E-state index contributed by atoms with van der Waals surface area (Å²) in [4.78, 5) is 0. The average Bonchev–Trinajstić information content (AvgIpc) is 2.54. The summed E-state index contributed by atoms with van der Waals surface area (Å²) in [6.07, 6.45) is 0. The maximum Gasteiger partial charge on any atom is 0.139 e. The van der Waals surface area contributed by atoms with Crippen molar-refractivity contribution < 1.29 is 9.52 Å². The Balaban J connectivity index is 2.57. The van der Waals surface area contributed by atoms with Gasteiger partial charge in [-0.1, -0.05) is 18.2 Å². The molecule has 0 amide bonds. The van der Waals surface area contributed by atoms with Crippen LogP contribution in [0, 0.1) is 6.07 Å². The summed E-state index contributed by atoms with van der Waals surface area (Å²) < 4.78 is 5.54. The number of benzene rings is 2. The van der Waals surface area contributed by atoms with Gasteiger partial charge in [0.1, 0.15) is 16.9 Å². The summed E-state index contributed by atoms with van der Waals surface area (Å²) in [6, 6.07) is 13.9. The van der Waals surface area contributed by atoms with E-state index < -0.39 is 0 Å². The zero-order chi connectivity index (χ0) is 9.54. The minimum absolute atomic E-state index is 0.177. The van der Waals surface area contributed by atoms with Crippen LogP contribution in [0.25, 0.3) is 21.9 Å². The van der Waals surface area contributed by atoms with Crippen LogP contribution in [-0.2, 0) is 0 Å². The molecule has 0 saturated carbocycles. The Morgan fingerprint density at radius 2 is 2.00 bits per heavy atom. The first-order valence-electron chi connectivity index (χ1n) is 4.36. The summed E-state index contributed by atoms with van der Waals surface area (Å²) in [6.45, 7) is 0. The van der Waals surface area contributed by atoms with Crippen molar-refractivity contribution in [1.29, 1.82) is 0 Å². The molecule has 1 radical (unpaired) electrons. The van der Waals surface area contributed by atoms with Gasteiger partial charge in [0.25, 0.3) is 0 Å². The predicted molar refractivity (Wildman–Crippen MR) is 54.2 cm³/mol. The smallest absolute Gasteiger partial charge is 0.139 e. The topological polar surface area (TPSA) is 33.4 Å². The third kappa shape index (κ3) is 0.909. The molecule has 2 aromatic carbocycles. The normalized spacial score (nSPS) is 11.1. The number of phenolic OH excluding ortho intramolecular Hbond substituents is 1. The van der Waals surface area contributed by atoms with Crippen LogP contribution in [0.5, 0.6) is 5.75 Å². The molecule has 0 unspecified atom stereocenters. The van der Waals surface area contributed by atoms with Gasteiger partial charge < -0.3 is 9.52 Å². The molecule has 0 bridgehead atoms. The lowest BCUT2D eigenvalue weighted by Gasteiger charge is -1.89. The van der Waals surface area contributed by atoms with Crippen LogP contribution >= 0.6 is 0 Å². The highest BCUT2D eigenvalue weighted by Crippen LogP contribution is 2.29. The van der Waals surface area contributed by atoms with Crippen LogP contribution in [-0.4, -0.2) is 5.11 Å². The van der Waals surface area contributed by atoms with Crippen LogP contribution in [0.2, 0.25) is 0 Å². The Morgan fingerprint density at radius 3 is 2.93 bits per heavy atom. The minimum atomic E-state index is 0.177. The predicted octanol–water partition coefficient (Wildman–Crippen LogP) is 3.09. The zero-order valence-corrected chi connectivity index (χ0v) is 7.32. The lowest BCUT2D eigenvalue weighted by atomic mass is 10.1. The molecule has 0 saturated heterocycles. The molecule has 3 aromatic rings. The van der Waals surface area contributed by atoms with Gasteiger partial charge >= 0.3 is 0 Å². The van der Waals surface area contributed by atoms with Crippen molar-refractivity contribution in [2.24, 2.45) is 0 Å². The molecular weight excluding hydrogens is 176 g/mol. The molecule has 14 heavy (non-hydrogen) atoms. The fourth-order valence-electron chi connectivity index (χ4n) is 1.64. The van der Waals surface area contributed by atoms with E-state index in [4.69, 9.17) is 4.42 Å². The Morgan fingerprint density at radius 1 is 1.14 bits per heavy atom. The SMILES string of the molecule is Oc1c[c]c2c(c1)oc1ccccc12. The molecular formula is C12H7O2. The number of hydrogen-bond donors (Lipinski definition) is 1. The highest BCUT2D eigenvalue weighted by atomic mass is 16.3. The molecule has 67 valence electrons. The minimum Gasteiger partial charge on any atom is -0.508 e. The van der Waals surface area contributed by atoms with E-state index in [1.165, 1.54) is 0 Å². The van der Waals surface area contributed by atoms with Crippen LogP contribution < -0.4 is 0 Å². The van der Waals surface area contributed by atoms with E-state index in [0.29, 0.717) is 5.58 Å². The van der Waals surface area contributed by atoms with E-state index in [1.54, 1.807) is 12.1 Å². The van der Waals surface area contributed by atoms with E-state index in [0.717, 1.165) is 16.4 Å². The largest absolute Gasteiger partial charge is 0.508 e. The van der Waals surface area contributed by atoms with Gasteiger partial charge in [-0.25, -0.2) is 0 Å².